The summed E-state index contributed by atoms with van der Waals surface area (Å²) < 4.78 is 5.61. The van der Waals surface area contributed by atoms with Gasteiger partial charge >= 0.3 is 0 Å². The third-order valence-electron chi connectivity index (χ3n) is 4.50. The van der Waals surface area contributed by atoms with Crippen molar-refractivity contribution < 1.29 is 9.84 Å². The van der Waals surface area contributed by atoms with Gasteiger partial charge in [-0.15, -0.1) is 0 Å². The molecule has 98 valence electrons. The zero-order valence-electron chi connectivity index (χ0n) is 10.9. The van der Waals surface area contributed by atoms with Gasteiger partial charge in [0.05, 0.1) is 18.4 Å². The molecule has 3 unspecified atom stereocenters. The summed E-state index contributed by atoms with van der Waals surface area (Å²) in [7, 11) is 0. The number of aliphatic hydroxyl groups is 1. The Kier molecular flexibility index (Phi) is 3.02. The molecule has 3 nitrogen and oxygen atoms in total. The van der Waals surface area contributed by atoms with E-state index >= 15 is 0 Å². The van der Waals surface area contributed by atoms with Gasteiger partial charge in [-0.25, -0.2) is 0 Å². The number of rotatable bonds is 4. The molecule has 2 bridgehead atoms. The molecule has 2 fully saturated rings. The molecular weight excluding hydrogens is 226 g/mol. The van der Waals surface area contributed by atoms with Crippen molar-refractivity contribution in [2.75, 3.05) is 6.61 Å². The molecule has 1 aromatic heterocycles. The van der Waals surface area contributed by atoms with E-state index in [-0.39, 0.29) is 0 Å². The Morgan fingerprint density at radius 1 is 1.44 bits per heavy atom. The average Bonchev–Trinajstić information content (AvgIpc) is 2.97. The summed E-state index contributed by atoms with van der Waals surface area (Å²) in [5.74, 6) is 1.91. The van der Waals surface area contributed by atoms with Crippen molar-refractivity contribution >= 4 is 0 Å². The van der Waals surface area contributed by atoms with Gasteiger partial charge in [0, 0.05) is 11.8 Å². The van der Waals surface area contributed by atoms with Gasteiger partial charge < -0.3 is 9.84 Å². The lowest BCUT2D eigenvalue weighted by molar-refractivity contribution is -0.0187. The first-order valence-electron chi connectivity index (χ1n) is 7.03. The number of aromatic nitrogens is 1. The number of ether oxygens (including phenoxy) is 1. The zero-order chi connectivity index (χ0) is 12.6. The van der Waals surface area contributed by atoms with E-state index in [4.69, 9.17) is 4.74 Å². The van der Waals surface area contributed by atoms with Gasteiger partial charge in [-0.3, -0.25) is 4.98 Å². The molecular formula is C15H21NO2. The van der Waals surface area contributed by atoms with Crippen molar-refractivity contribution in [2.24, 2.45) is 11.8 Å². The van der Waals surface area contributed by atoms with Crippen LogP contribution in [-0.2, 0) is 5.60 Å². The normalized spacial score (nSPS) is 33.9. The Hall–Kier alpha value is -1.09. The first-order chi connectivity index (χ1) is 8.72. The first kappa shape index (κ1) is 12.0. The van der Waals surface area contributed by atoms with Gasteiger partial charge in [-0.2, -0.15) is 0 Å². The van der Waals surface area contributed by atoms with Crippen LogP contribution in [0.2, 0.25) is 0 Å². The van der Waals surface area contributed by atoms with Gasteiger partial charge in [-0.1, -0.05) is 6.92 Å². The van der Waals surface area contributed by atoms with Crippen molar-refractivity contribution in [1.82, 2.24) is 4.98 Å². The standard InChI is InChI=1S/C15H21NO2/c1-2-5-18-14-7-13(9-16-10-14)15(17)8-11-3-4-12(15)6-11/h7,9-12,17H,2-6,8H2,1H3. The van der Waals surface area contributed by atoms with Gasteiger partial charge in [0.25, 0.3) is 0 Å². The van der Waals surface area contributed by atoms with Crippen molar-refractivity contribution in [1.29, 1.82) is 0 Å². The highest BCUT2D eigenvalue weighted by Crippen LogP contribution is 2.55. The van der Waals surface area contributed by atoms with Crippen LogP contribution >= 0.6 is 0 Å². The molecule has 2 aliphatic rings. The van der Waals surface area contributed by atoms with Crippen LogP contribution in [0.25, 0.3) is 0 Å². The lowest BCUT2D eigenvalue weighted by Gasteiger charge is -2.32. The van der Waals surface area contributed by atoms with Crippen LogP contribution in [0, 0.1) is 11.8 Å². The minimum atomic E-state index is -0.651. The van der Waals surface area contributed by atoms with Crippen molar-refractivity contribution in [3.63, 3.8) is 0 Å². The summed E-state index contributed by atoms with van der Waals surface area (Å²) in [5.41, 5.74) is 0.296. The van der Waals surface area contributed by atoms with Crippen LogP contribution < -0.4 is 4.74 Å². The number of fused-ring (bicyclic) bond motifs is 2. The molecule has 3 heteroatoms. The second-order valence-electron chi connectivity index (χ2n) is 5.76. The smallest absolute Gasteiger partial charge is 0.137 e. The number of pyridine rings is 1. The molecule has 0 spiro atoms. The molecule has 0 amide bonds. The van der Waals surface area contributed by atoms with Gasteiger partial charge in [0.2, 0.25) is 0 Å². The maximum absolute atomic E-state index is 10.9. The summed E-state index contributed by atoms with van der Waals surface area (Å²) in [6, 6.07) is 1.98. The molecule has 1 N–H and O–H groups in total. The molecule has 0 radical (unpaired) electrons. The summed E-state index contributed by atoms with van der Waals surface area (Å²) in [6.07, 6.45) is 9.04. The second kappa shape index (κ2) is 4.54. The Labute approximate surface area is 108 Å². The van der Waals surface area contributed by atoms with Crippen LogP contribution in [-0.4, -0.2) is 16.7 Å². The monoisotopic (exact) mass is 247 g/mol. The first-order valence-corrected chi connectivity index (χ1v) is 7.03. The van der Waals surface area contributed by atoms with E-state index in [1.165, 1.54) is 12.8 Å². The Bertz CT molecular complexity index is 434. The molecule has 3 atom stereocenters. The SMILES string of the molecule is CCCOc1cncc(C2(O)CC3CCC2C3)c1. The topological polar surface area (TPSA) is 42.4 Å². The van der Waals surface area contributed by atoms with Crippen molar-refractivity contribution in [2.45, 2.75) is 44.6 Å². The molecule has 0 aromatic carbocycles. The molecule has 0 aliphatic heterocycles. The van der Waals surface area contributed by atoms with E-state index in [1.807, 2.05) is 6.07 Å². The lowest BCUT2D eigenvalue weighted by atomic mass is 9.79. The van der Waals surface area contributed by atoms with E-state index in [2.05, 4.69) is 11.9 Å². The number of hydrogen-bond acceptors (Lipinski definition) is 3. The second-order valence-corrected chi connectivity index (χ2v) is 5.76. The third kappa shape index (κ3) is 1.91. The quantitative estimate of drug-likeness (QED) is 0.889. The van der Waals surface area contributed by atoms with Crippen molar-refractivity contribution in [3.8, 4) is 5.75 Å². The fourth-order valence-electron chi connectivity index (χ4n) is 3.61. The largest absolute Gasteiger partial charge is 0.492 e. The summed E-state index contributed by atoms with van der Waals surface area (Å²) in [4.78, 5) is 4.23. The maximum Gasteiger partial charge on any atom is 0.137 e. The van der Waals surface area contributed by atoms with Crippen LogP contribution in [0.4, 0.5) is 0 Å². The molecule has 18 heavy (non-hydrogen) atoms. The van der Waals surface area contributed by atoms with Gasteiger partial charge in [-0.05, 0) is 50.0 Å². The van der Waals surface area contributed by atoms with Gasteiger partial charge in [0.15, 0.2) is 0 Å². The Morgan fingerprint density at radius 2 is 2.33 bits per heavy atom. The van der Waals surface area contributed by atoms with Crippen LogP contribution in [0.3, 0.4) is 0 Å². The summed E-state index contributed by atoms with van der Waals surface area (Å²) >= 11 is 0. The maximum atomic E-state index is 10.9. The van der Waals surface area contributed by atoms with E-state index < -0.39 is 5.60 Å². The van der Waals surface area contributed by atoms with E-state index in [1.54, 1.807) is 12.4 Å². The van der Waals surface area contributed by atoms with Crippen LogP contribution in [0.1, 0.15) is 44.6 Å². The average molecular weight is 247 g/mol. The van der Waals surface area contributed by atoms with Crippen LogP contribution in [0.15, 0.2) is 18.5 Å². The molecule has 2 aliphatic carbocycles. The Balaban J connectivity index is 1.83. The number of nitrogens with zero attached hydrogens (tertiary/aromatic N) is 1. The minimum Gasteiger partial charge on any atom is -0.492 e. The van der Waals surface area contributed by atoms with Crippen LogP contribution in [0.5, 0.6) is 5.75 Å². The van der Waals surface area contributed by atoms with E-state index in [9.17, 15) is 5.11 Å². The highest BCUT2D eigenvalue weighted by molar-refractivity contribution is 5.30. The van der Waals surface area contributed by atoms with Gasteiger partial charge in [0.1, 0.15) is 5.75 Å². The van der Waals surface area contributed by atoms with Crippen molar-refractivity contribution in [3.05, 3.63) is 24.0 Å². The highest BCUT2D eigenvalue weighted by atomic mass is 16.5. The predicted molar refractivity (Wildman–Crippen MR) is 69.4 cm³/mol. The molecule has 2 saturated carbocycles. The summed E-state index contributed by atoms with van der Waals surface area (Å²) in [5, 5.41) is 10.9. The fraction of sp³-hybridized carbons (Fsp3) is 0.667. The Morgan fingerprint density at radius 3 is 3.00 bits per heavy atom. The number of hydrogen-bond donors (Lipinski definition) is 1. The molecule has 3 rings (SSSR count). The molecule has 0 saturated heterocycles. The molecule has 1 aromatic rings. The fourth-order valence-corrected chi connectivity index (χ4v) is 3.61. The van der Waals surface area contributed by atoms with E-state index in [0.29, 0.717) is 18.4 Å². The highest BCUT2D eigenvalue weighted by Gasteiger charge is 2.51. The minimum absolute atomic E-state index is 0.422. The zero-order valence-corrected chi connectivity index (χ0v) is 10.9. The summed E-state index contributed by atoms with van der Waals surface area (Å²) in [6.45, 7) is 2.79. The lowest BCUT2D eigenvalue weighted by Crippen LogP contribution is -2.32. The molecule has 1 heterocycles. The predicted octanol–water partition coefficient (Wildman–Crippen LogP) is 2.88. The van der Waals surface area contributed by atoms with E-state index in [0.717, 1.165) is 30.6 Å². The third-order valence-corrected chi connectivity index (χ3v) is 4.50.